The second kappa shape index (κ2) is 7.35. The van der Waals surface area contributed by atoms with E-state index in [9.17, 15) is 8.42 Å². The summed E-state index contributed by atoms with van der Waals surface area (Å²) in [6.07, 6.45) is 6.64. The highest BCUT2D eigenvalue weighted by atomic mass is 32.2. The summed E-state index contributed by atoms with van der Waals surface area (Å²) in [5.41, 5.74) is 1.68. The van der Waals surface area contributed by atoms with Gasteiger partial charge in [-0.15, -0.1) is 0 Å². The first-order chi connectivity index (χ1) is 12.2. The number of hydrogen-bond acceptors (Lipinski definition) is 5. The van der Waals surface area contributed by atoms with Crippen LogP contribution in [0.15, 0.2) is 36.5 Å². The predicted octanol–water partition coefficient (Wildman–Crippen LogP) is 4.59. The SMILES string of the molecule is CC(C)(C)S(=O)(=O)Cc1ccc(Nc2ccnc(C3CCCC3)n2)cc1. The summed E-state index contributed by atoms with van der Waals surface area (Å²) in [7, 11) is -3.18. The normalized spacial score (nSPS) is 16.0. The van der Waals surface area contributed by atoms with E-state index >= 15 is 0 Å². The van der Waals surface area contributed by atoms with Crippen molar-refractivity contribution in [2.75, 3.05) is 5.32 Å². The Morgan fingerprint density at radius 3 is 2.35 bits per heavy atom. The van der Waals surface area contributed by atoms with Gasteiger partial charge in [0, 0.05) is 17.8 Å². The van der Waals surface area contributed by atoms with E-state index in [1.54, 1.807) is 27.0 Å². The van der Waals surface area contributed by atoms with E-state index in [0.717, 1.165) is 22.9 Å². The number of sulfone groups is 1. The molecule has 0 radical (unpaired) electrons. The molecule has 0 unspecified atom stereocenters. The van der Waals surface area contributed by atoms with Crippen LogP contribution in [0, 0.1) is 0 Å². The molecule has 0 atom stereocenters. The van der Waals surface area contributed by atoms with Crippen LogP contribution in [0.3, 0.4) is 0 Å². The van der Waals surface area contributed by atoms with E-state index in [1.165, 1.54) is 25.7 Å². The van der Waals surface area contributed by atoms with Crippen LogP contribution < -0.4 is 5.32 Å². The summed E-state index contributed by atoms with van der Waals surface area (Å²) in [5, 5.41) is 3.29. The maximum Gasteiger partial charge on any atom is 0.159 e. The third kappa shape index (κ3) is 4.41. The zero-order chi connectivity index (χ0) is 18.8. The quantitative estimate of drug-likeness (QED) is 0.830. The van der Waals surface area contributed by atoms with Crippen molar-refractivity contribution in [1.29, 1.82) is 0 Å². The van der Waals surface area contributed by atoms with Gasteiger partial charge in [-0.2, -0.15) is 0 Å². The average molecular weight is 374 g/mol. The van der Waals surface area contributed by atoms with Crippen molar-refractivity contribution in [1.82, 2.24) is 9.97 Å². The van der Waals surface area contributed by atoms with E-state index < -0.39 is 14.6 Å². The molecule has 0 amide bonds. The van der Waals surface area contributed by atoms with Gasteiger partial charge >= 0.3 is 0 Å². The molecule has 1 heterocycles. The fraction of sp³-hybridized carbons (Fsp3) is 0.500. The van der Waals surface area contributed by atoms with Gasteiger partial charge in [-0.3, -0.25) is 0 Å². The molecule has 0 spiro atoms. The fourth-order valence-corrected chi connectivity index (χ4v) is 4.16. The molecule has 1 N–H and O–H groups in total. The van der Waals surface area contributed by atoms with Crippen LogP contribution in [-0.2, 0) is 15.6 Å². The first kappa shape index (κ1) is 18.8. The lowest BCUT2D eigenvalue weighted by atomic mass is 10.1. The fourth-order valence-electron chi connectivity index (χ4n) is 3.09. The molecule has 5 nitrogen and oxygen atoms in total. The Bertz CT molecular complexity index is 849. The second-order valence-electron chi connectivity index (χ2n) is 7.97. The molecule has 140 valence electrons. The molecule has 26 heavy (non-hydrogen) atoms. The third-order valence-electron chi connectivity index (χ3n) is 4.91. The smallest absolute Gasteiger partial charge is 0.159 e. The van der Waals surface area contributed by atoms with Crippen molar-refractivity contribution in [3.63, 3.8) is 0 Å². The zero-order valence-corrected chi connectivity index (χ0v) is 16.5. The molecule has 1 saturated carbocycles. The molecule has 3 rings (SSSR count). The molecule has 1 aromatic carbocycles. The van der Waals surface area contributed by atoms with Crippen LogP contribution in [0.4, 0.5) is 11.5 Å². The molecule has 2 aromatic rings. The highest BCUT2D eigenvalue weighted by Gasteiger charge is 2.28. The van der Waals surface area contributed by atoms with E-state index in [-0.39, 0.29) is 5.75 Å². The number of nitrogens with one attached hydrogen (secondary N) is 1. The number of rotatable bonds is 5. The molecule has 1 fully saturated rings. The molecule has 6 heteroatoms. The molecule has 0 saturated heterocycles. The standard InChI is InChI=1S/C20H27N3O2S/c1-20(2,3)26(24,25)14-15-8-10-17(11-9-15)22-18-12-13-21-19(23-18)16-6-4-5-7-16/h8-13,16H,4-7,14H2,1-3H3,(H,21,22,23). The van der Waals surface area contributed by atoms with Crippen LogP contribution >= 0.6 is 0 Å². The maximum atomic E-state index is 12.3. The Hall–Kier alpha value is -1.95. The maximum absolute atomic E-state index is 12.3. The Balaban J connectivity index is 1.69. The van der Waals surface area contributed by atoms with Gasteiger partial charge in [-0.05, 0) is 57.4 Å². The van der Waals surface area contributed by atoms with Crippen molar-refractivity contribution in [3.05, 3.63) is 47.9 Å². The predicted molar refractivity (Wildman–Crippen MR) is 105 cm³/mol. The summed E-state index contributed by atoms with van der Waals surface area (Å²) in [6, 6.07) is 9.35. The average Bonchev–Trinajstić information content (AvgIpc) is 3.10. The van der Waals surface area contributed by atoms with E-state index in [2.05, 4.69) is 15.3 Å². The van der Waals surface area contributed by atoms with Crippen molar-refractivity contribution in [2.24, 2.45) is 0 Å². The van der Waals surface area contributed by atoms with Gasteiger partial charge in [-0.1, -0.05) is 25.0 Å². The largest absolute Gasteiger partial charge is 0.340 e. The van der Waals surface area contributed by atoms with Gasteiger partial charge < -0.3 is 5.32 Å². The minimum atomic E-state index is -3.18. The van der Waals surface area contributed by atoms with Gasteiger partial charge in [-0.25, -0.2) is 18.4 Å². The number of aromatic nitrogens is 2. The van der Waals surface area contributed by atoms with Gasteiger partial charge in [0.2, 0.25) is 0 Å². The van der Waals surface area contributed by atoms with E-state index in [4.69, 9.17) is 0 Å². The highest BCUT2D eigenvalue weighted by molar-refractivity contribution is 7.91. The van der Waals surface area contributed by atoms with Crippen molar-refractivity contribution in [2.45, 2.75) is 62.9 Å². The third-order valence-corrected chi connectivity index (χ3v) is 7.49. The van der Waals surface area contributed by atoms with Crippen LogP contribution in [0.25, 0.3) is 0 Å². The highest BCUT2D eigenvalue weighted by Crippen LogP contribution is 2.32. The Kier molecular flexibility index (Phi) is 5.32. The molecule has 0 aliphatic heterocycles. The summed E-state index contributed by atoms with van der Waals surface area (Å²) >= 11 is 0. The van der Waals surface area contributed by atoms with Crippen molar-refractivity contribution < 1.29 is 8.42 Å². The first-order valence-corrected chi connectivity index (χ1v) is 10.8. The van der Waals surface area contributed by atoms with Crippen molar-refractivity contribution >= 4 is 21.3 Å². The van der Waals surface area contributed by atoms with E-state index in [1.807, 2.05) is 30.3 Å². The molecule has 1 aromatic heterocycles. The second-order valence-corrected chi connectivity index (χ2v) is 10.7. The number of nitrogens with zero attached hydrogens (tertiary/aromatic N) is 2. The zero-order valence-electron chi connectivity index (χ0n) is 15.7. The summed E-state index contributed by atoms with van der Waals surface area (Å²) in [4.78, 5) is 9.07. The summed E-state index contributed by atoms with van der Waals surface area (Å²) in [5.74, 6) is 2.22. The van der Waals surface area contributed by atoms with E-state index in [0.29, 0.717) is 5.92 Å². The Morgan fingerprint density at radius 1 is 1.08 bits per heavy atom. The Labute approximate surface area is 156 Å². The molecular formula is C20H27N3O2S. The van der Waals surface area contributed by atoms with Gasteiger partial charge in [0.25, 0.3) is 0 Å². The topological polar surface area (TPSA) is 72.0 Å². The Morgan fingerprint density at radius 2 is 1.73 bits per heavy atom. The minimum Gasteiger partial charge on any atom is -0.340 e. The summed E-state index contributed by atoms with van der Waals surface area (Å²) in [6.45, 7) is 5.19. The van der Waals surface area contributed by atoms with Crippen LogP contribution in [-0.4, -0.2) is 23.1 Å². The number of anilines is 2. The number of hydrogen-bond donors (Lipinski definition) is 1. The summed E-state index contributed by atoms with van der Waals surface area (Å²) < 4.78 is 23.9. The van der Waals surface area contributed by atoms with Gasteiger partial charge in [0.1, 0.15) is 11.6 Å². The lowest BCUT2D eigenvalue weighted by Crippen LogP contribution is -2.29. The number of benzene rings is 1. The van der Waals surface area contributed by atoms with Gasteiger partial charge in [0.05, 0.1) is 10.5 Å². The molecule has 0 bridgehead atoms. The van der Waals surface area contributed by atoms with Crippen LogP contribution in [0.5, 0.6) is 0 Å². The molecule has 1 aliphatic carbocycles. The lowest BCUT2D eigenvalue weighted by Gasteiger charge is -2.19. The lowest BCUT2D eigenvalue weighted by molar-refractivity contribution is 0.559. The molecule has 1 aliphatic rings. The van der Waals surface area contributed by atoms with Crippen molar-refractivity contribution in [3.8, 4) is 0 Å². The van der Waals surface area contributed by atoms with Crippen LogP contribution in [0.2, 0.25) is 0 Å². The van der Waals surface area contributed by atoms with Gasteiger partial charge in [0.15, 0.2) is 9.84 Å². The molecular weight excluding hydrogens is 346 g/mol. The minimum absolute atomic E-state index is 0.0517. The first-order valence-electron chi connectivity index (χ1n) is 9.16. The van der Waals surface area contributed by atoms with Crippen LogP contribution in [0.1, 0.15) is 63.8 Å². The monoisotopic (exact) mass is 373 g/mol.